The summed E-state index contributed by atoms with van der Waals surface area (Å²) in [4.78, 5) is 24.2. The quantitative estimate of drug-likeness (QED) is 0.663. The SMILES string of the molecule is COC(=O)c1ccc([C@H]2SCC(=O)Nc3c2c(C)nn3-c2ccccc2C)cc1. The van der Waals surface area contributed by atoms with Crippen molar-refractivity contribution < 1.29 is 14.3 Å². The van der Waals surface area contributed by atoms with E-state index in [1.807, 2.05) is 54.9 Å². The molecule has 4 rings (SSSR count). The van der Waals surface area contributed by atoms with Gasteiger partial charge in [-0.25, -0.2) is 9.48 Å². The summed E-state index contributed by atoms with van der Waals surface area (Å²) in [6, 6.07) is 15.3. The topological polar surface area (TPSA) is 73.2 Å². The summed E-state index contributed by atoms with van der Waals surface area (Å²) in [6.45, 7) is 3.98. The Labute approximate surface area is 173 Å². The predicted octanol–water partition coefficient (Wildman–Crippen LogP) is 4.05. The normalized spacial score (nSPS) is 16.0. The van der Waals surface area contributed by atoms with Gasteiger partial charge in [0.1, 0.15) is 5.82 Å². The second kappa shape index (κ2) is 7.75. The van der Waals surface area contributed by atoms with Crippen LogP contribution in [0.4, 0.5) is 5.82 Å². The van der Waals surface area contributed by atoms with Crippen molar-refractivity contribution in [3.05, 3.63) is 76.5 Å². The largest absolute Gasteiger partial charge is 0.465 e. The van der Waals surface area contributed by atoms with Crippen LogP contribution in [0.15, 0.2) is 48.5 Å². The number of para-hydroxylation sites is 1. The van der Waals surface area contributed by atoms with Crippen LogP contribution in [-0.2, 0) is 9.53 Å². The molecule has 6 nitrogen and oxygen atoms in total. The molecule has 1 atom stereocenters. The maximum atomic E-state index is 12.4. The number of amides is 1. The molecule has 1 aliphatic heterocycles. The Morgan fingerprint density at radius 3 is 2.59 bits per heavy atom. The summed E-state index contributed by atoms with van der Waals surface area (Å²) in [5, 5.41) is 7.72. The molecule has 2 aromatic carbocycles. The molecule has 1 amide bonds. The number of methoxy groups -OCH3 is 1. The number of benzene rings is 2. The molecule has 0 aliphatic carbocycles. The third kappa shape index (κ3) is 3.53. The molecule has 1 aromatic heterocycles. The van der Waals surface area contributed by atoms with Crippen molar-refractivity contribution in [1.82, 2.24) is 9.78 Å². The fraction of sp³-hybridized carbons (Fsp3) is 0.227. The fourth-order valence-electron chi connectivity index (χ4n) is 3.53. The van der Waals surface area contributed by atoms with Gasteiger partial charge in [0.15, 0.2) is 0 Å². The average Bonchev–Trinajstić information content (AvgIpc) is 2.93. The van der Waals surface area contributed by atoms with Crippen molar-refractivity contribution in [3.63, 3.8) is 0 Å². The maximum absolute atomic E-state index is 12.4. The Hall–Kier alpha value is -3.06. The van der Waals surface area contributed by atoms with E-state index in [4.69, 9.17) is 9.84 Å². The van der Waals surface area contributed by atoms with E-state index in [9.17, 15) is 9.59 Å². The zero-order chi connectivity index (χ0) is 20.5. The second-order valence-electron chi connectivity index (χ2n) is 6.90. The van der Waals surface area contributed by atoms with Crippen LogP contribution < -0.4 is 5.32 Å². The summed E-state index contributed by atoms with van der Waals surface area (Å²) in [7, 11) is 1.37. The first kappa shape index (κ1) is 19.3. The molecule has 0 fully saturated rings. The van der Waals surface area contributed by atoms with Gasteiger partial charge in [0, 0.05) is 5.56 Å². The van der Waals surface area contributed by atoms with Gasteiger partial charge in [-0.15, -0.1) is 11.8 Å². The third-order valence-corrected chi connectivity index (χ3v) is 6.26. The minimum atomic E-state index is -0.369. The number of nitrogens with zero attached hydrogens (tertiary/aromatic N) is 2. The summed E-state index contributed by atoms with van der Waals surface area (Å²) >= 11 is 1.55. The zero-order valence-electron chi connectivity index (χ0n) is 16.4. The first-order valence-corrected chi connectivity index (χ1v) is 10.3. The number of rotatable bonds is 3. The summed E-state index contributed by atoms with van der Waals surface area (Å²) in [6.07, 6.45) is 0. The van der Waals surface area contributed by atoms with Gasteiger partial charge in [-0.1, -0.05) is 30.3 Å². The second-order valence-corrected chi connectivity index (χ2v) is 7.99. The van der Waals surface area contributed by atoms with Crippen molar-refractivity contribution in [1.29, 1.82) is 0 Å². The van der Waals surface area contributed by atoms with E-state index in [1.54, 1.807) is 23.9 Å². The number of nitrogens with one attached hydrogen (secondary N) is 1. The third-order valence-electron chi connectivity index (χ3n) is 4.99. The molecule has 0 saturated heterocycles. The lowest BCUT2D eigenvalue weighted by Gasteiger charge is -2.16. The number of carbonyl (C=O) groups excluding carboxylic acids is 2. The number of aromatic nitrogens is 2. The number of aryl methyl sites for hydroxylation is 2. The van der Waals surface area contributed by atoms with Crippen LogP contribution in [0.5, 0.6) is 0 Å². The summed E-state index contributed by atoms with van der Waals surface area (Å²) in [5.74, 6) is 0.616. The van der Waals surface area contributed by atoms with Crippen LogP contribution >= 0.6 is 11.8 Å². The van der Waals surface area contributed by atoms with Gasteiger partial charge in [0.05, 0.1) is 35.1 Å². The van der Waals surface area contributed by atoms with Gasteiger partial charge in [-0.05, 0) is 43.2 Å². The Balaban J connectivity index is 1.83. The molecule has 7 heteroatoms. The van der Waals surface area contributed by atoms with Gasteiger partial charge in [-0.3, -0.25) is 4.79 Å². The van der Waals surface area contributed by atoms with Crippen LogP contribution in [0.25, 0.3) is 5.69 Å². The monoisotopic (exact) mass is 407 g/mol. The van der Waals surface area contributed by atoms with Crippen LogP contribution in [0, 0.1) is 13.8 Å². The molecular formula is C22H21N3O3S. The highest BCUT2D eigenvalue weighted by atomic mass is 32.2. The lowest BCUT2D eigenvalue weighted by molar-refractivity contribution is -0.113. The van der Waals surface area contributed by atoms with Gasteiger partial charge in [-0.2, -0.15) is 5.10 Å². The molecule has 3 aromatic rings. The number of anilines is 1. The Bertz CT molecular complexity index is 1090. The smallest absolute Gasteiger partial charge is 0.337 e. The molecule has 1 aliphatic rings. The summed E-state index contributed by atoms with van der Waals surface area (Å²) in [5.41, 5.74) is 5.35. The number of thioether (sulfide) groups is 1. The van der Waals surface area contributed by atoms with Gasteiger partial charge >= 0.3 is 5.97 Å². The molecule has 0 radical (unpaired) electrons. The Kier molecular flexibility index (Phi) is 5.15. The van der Waals surface area contributed by atoms with Crippen molar-refractivity contribution in [2.75, 3.05) is 18.2 Å². The highest BCUT2D eigenvalue weighted by Gasteiger charge is 2.30. The van der Waals surface area contributed by atoms with Crippen LogP contribution in [0.1, 0.15) is 38.0 Å². The number of carbonyl (C=O) groups is 2. The van der Waals surface area contributed by atoms with E-state index >= 15 is 0 Å². The zero-order valence-corrected chi connectivity index (χ0v) is 17.2. The highest BCUT2D eigenvalue weighted by molar-refractivity contribution is 8.00. The van der Waals surface area contributed by atoms with Crippen LogP contribution in [0.3, 0.4) is 0 Å². The van der Waals surface area contributed by atoms with Crippen molar-refractivity contribution in [3.8, 4) is 5.69 Å². The Morgan fingerprint density at radius 2 is 1.90 bits per heavy atom. The van der Waals surface area contributed by atoms with Crippen molar-refractivity contribution in [2.24, 2.45) is 0 Å². The molecule has 1 N–H and O–H groups in total. The number of esters is 1. The molecule has 0 spiro atoms. The highest BCUT2D eigenvalue weighted by Crippen LogP contribution is 2.44. The molecule has 0 unspecified atom stereocenters. The van der Waals surface area contributed by atoms with E-state index in [0.717, 1.165) is 28.1 Å². The van der Waals surface area contributed by atoms with Gasteiger partial charge in [0.2, 0.25) is 5.91 Å². The minimum absolute atomic E-state index is 0.0559. The van der Waals surface area contributed by atoms with Crippen LogP contribution in [0.2, 0.25) is 0 Å². The first-order chi connectivity index (χ1) is 14.0. The fourth-order valence-corrected chi connectivity index (χ4v) is 4.72. The van der Waals surface area contributed by atoms with E-state index in [1.165, 1.54) is 7.11 Å². The van der Waals surface area contributed by atoms with E-state index < -0.39 is 0 Å². The number of hydrogen-bond donors (Lipinski definition) is 1. The standard InChI is InChI=1S/C22H21N3O3S/c1-13-6-4-5-7-17(13)25-21-19(14(2)24-25)20(29-12-18(26)23-21)15-8-10-16(11-9-15)22(27)28-3/h4-11,20H,12H2,1-3H3,(H,23,26)/t20-/m1/s1. The van der Waals surface area contributed by atoms with Crippen molar-refractivity contribution in [2.45, 2.75) is 19.1 Å². The van der Waals surface area contributed by atoms with Gasteiger partial charge in [0.25, 0.3) is 0 Å². The van der Waals surface area contributed by atoms with E-state index in [-0.39, 0.29) is 17.1 Å². The minimum Gasteiger partial charge on any atom is -0.465 e. The molecule has 29 heavy (non-hydrogen) atoms. The number of hydrogen-bond acceptors (Lipinski definition) is 5. The maximum Gasteiger partial charge on any atom is 0.337 e. The predicted molar refractivity (Wildman–Crippen MR) is 114 cm³/mol. The lowest BCUT2D eigenvalue weighted by atomic mass is 10.0. The molecule has 0 saturated carbocycles. The Morgan fingerprint density at radius 1 is 1.17 bits per heavy atom. The van der Waals surface area contributed by atoms with Gasteiger partial charge < -0.3 is 10.1 Å². The molecule has 2 heterocycles. The number of fused-ring (bicyclic) bond motifs is 1. The molecule has 0 bridgehead atoms. The summed E-state index contributed by atoms with van der Waals surface area (Å²) < 4.78 is 6.60. The van der Waals surface area contributed by atoms with E-state index in [2.05, 4.69) is 5.32 Å². The van der Waals surface area contributed by atoms with Crippen LogP contribution in [-0.4, -0.2) is 34.5 Å². The van der Waals surface area contributed by atoms with Crippen molar-refractivity contribution >= 4 is 29.5 Å². The molecular weight excluding hydrogens is 386 g/mol. The molecule has 148 valence electrons. The first-order valence-electron chi connectivity index (χ1n) is 9.25. The average molecular weight is 407 g/mol. The lowest BCUT2D eigenvalue weighted by Crippen LogP contribution is -2.16. The number of ether oxygens (including phenoxy) is 1. The van der Waals surface area contributed by atoms with E-state index in [0.29, 0.717) is 17.1 Å².